The minimum atomic E-state index is -0.439. The number of esters is 1. The van der Waals surface area contributed by atoms with Gasteiger partial charge in [-0.25, -0.2) is 9.59 Å². The van der Waals surface area contributed by atoms with Gasteiger partial charge in [-0.05, 0) is 36.1 Å². The normalized spacial score (nSPS) is 15.7. The van der Waals surface area contributed by atoms with Crippen molar-refractivity contribution in [3.05, 3.63) is 64.7 Å². The van der Waals surface area contributed by atoms with Crippen LogP contribution >= 0.6 is 11.8 Å². The number of hydrogen-bond donors (Lipinski definition) is 1. The number of benzene rings is 2. The Morgan fingerprint density at radius 3 is 2.73 bits per heavy atom. The van der Waals surface area contributed by atoms with Crippen molar-refractivity contribution >= 4 is 23.8 Å². The minimum absolute atomic E-state index is 0.125. The van der Waals surface area contributed by atoms with Gasteiger partial charge >= 0.3 is 12.1 Å². The number of nitrogens with one attached hydrogen (secondary N) is 1. The third-order valence-corrected chi connectivity index (χ3v) is 5.41. The number of fused-ring (bicyclic) bond motifs is 1. The number of aryl methyl sites for hydroxylation is 1. The van der Waals surface area contributed by atoms with Gasteiger partial charge in [0.2, 0.25) is 0 Å². The van der Waals surface area contributed by atoms with E-state index in [0.717, 1.165) is 33.8 Å². The van der Waals surface area contributed by atoms with Gasteiger partial charge in [0, 0.05) is 10.6 Å². The molecule has 3 rings (SSSR count). The molecule has 1 atom stereocenters. The zero-order valence-electron chi connectivity index (χ0n) is 14.8. The molecule has 26 heavy (non-hydrogen) atoms. The molecule has 0 saturated heterocycles. The molecule has 1 aliphatic heterocycles. The molecule has 1 amide bonds. The highest BCUT2D eigenvalue weighted by molar-refractivity contribution is 7.99. The van der Waals surface area contributed by atoms with Crippen molar-refractivity contribution < 1.29 is 19.1 Å². The van der Waals surface area contributed by atoms with Crippen molar-refractivity contribution in [3.8, 4) is 0 Å². The van der Waals surface area contributed by atoms with E-state index in [2.05, 4.69) is 5.32 Å². The number of ether oxygens (including phenoxy) is 2. The van der Waals surface area contributed by atoms with Gasteiger partial charge in [-0.3, -0.25) is 0 Å². The smallest absolute Gasteiger partial charge is 0.407 e. The van der Waals surface area contributed by atoms with E-state index < -0.39 is 6.09 Å². The number of alkyl carbamates (subject to hydrolysis) is 1. The second-order valence-corrected chi connectivity index (χ2v) is 7.23. The molecule has 0 aromatic heterocycles. The summed E-state index contributed by atoms with van der Waals surface area (Å²) < 4.78 is 10.2. The molecule has 1 heterocycles. The first-order chi connectivity index (χ1) is 12.6. The Bertz CT molecular complexity index is 807. The lowest BCUT2D eigenvalue weighted by Crippen LogP contribution is -2.31. The number of rotatable bonds is 4. The lowest BCUT2D eigenvalue weighted by atomic mass is 9.98. The minimum Gasteiger partial charge on any atom is -0.465 e. The zero-order chi connectivity index (χ0) is 18.5. The molecular formula is C20H21NO4S. The molecule has 2 aromatic carbocycles. The standard InChI is InChI=1S/C20H21NO4S/c1-13-10-16-17(8-9-26-18(16)11-15(13)19(22)24-2)21-20(23)25-12-14-6-4-3-5-7-14/h3-7,10-11,17H,8-9,12H2,1-2H3,(H,21,23)/t17-/m0/s1. The fourth-order valence-electron chi connectivity index (χ4n) is 2.94. The average molecular weight is 371 g/mol. The van der Waals surface area contributed by atoms with Gasteiger partial charge in [-0.2, -0.15) is 0 Å². The van der Waals surface area contributed by atoms with Crippen molar-refractivity contribution in [1.82, 2.24) is 5.32 Å². The van der Waals surface area contributed by atoms with Crippen LogP contribution in [0.2, 0.25) is 0 Å². The fraction of sp³-hybridized carbons (Fsp3) is 0.300. The predicted molar refractivity (Wildman–Crippen MR) is 100 cm³/mol. The van der Waals surface area contributed by atoms with Crippen LogP contribution in [0.25, 0.3) is 0 Å². The van der Waals surface area contributed by atoms with Crippen LogP contribution in [0.1, 0.15) is 39.5 Å². The van der Waals surface area contributed by atoms with E-state index in [9.17, 15) is 9.59 Å². The van der Waals surface area contributed by atoms with Gasteiger partial charge in [0.1, 0.15) is 6.61 Å². The summed E-state index contributed by atoms with van der Waals surface area (Å²) in [6.45, 7) is 2.11. The van der Waals surface area contributed by atoms with Gasteiger partial charge < -0.3 is 14.8 Å². The maximum Gasteiger partial charge on any atom is 0.407 e. The van der Waals surface area contributed by atoms with E-state index in [1.54, 1.807) is 11.8 Å². The topological polar surface area (TPSA) is 64.6 Å². The molecule has 0 saturated carbocycles. The molecule has 0 unspecified atom stereocenters. The fourth-order valence-corrected chi connectivity index (χ4v) is 4.08. The monoisotopic (exact) mass is 371 g/mol. The maximum absolute atomic E-state index is 12.2. The van der Waals surface area contributed by atoms with E-state index in [-0.39, 0.29) is 18.6 Å². The number of hydrogen-bond acceptors (Lipinski definition) is 5. The van der Waals surface area contributed by atoms with Gasteiger partial charge in [0.05, 0.1) is 18.7 Å². The zero-order valence-corrected chi connectivity index (χ0v) is 15.6. The molecule has 0 bridgehead atoms. The highest BCUT2D eigenvalue weighted by Gasteiger charge is 2.25. The molecule has 0 fully saturated rings. The summed E-state index contributed by atoms with van der Waals surface area (Å²) in [5.74, 6) is 0.517. The summed E-state index contributed by atoms with van der Waals surface area (Å²) in [4.78, 5) is 25.1. The Morgan fingerprint density at radius 2 is 2.00 bits per heavy atom. The average Bonchev–Trinajstić information content (AvgIpc) is 2.66. The molecule has 1 aliphatic rings. The number of amides is 1. The molecule has 136 valence electrons. The van der Waals surface area contributed by atoms with E-state index in [1.807, 2.05) is 49.4 Å². The van der Waals surface area contributed by atoms with Crippen molar-refractivity contribution in [2.45, 2.75) is 30.9 Å². The van der Waals surface area contributed by atoms with Crippen LogP contribution in [-0.4, -0.2) is 24.9 Å². The van der Waals surface area contributed by atoms with E-state index >= 15 is 0 Å². The molecule has 0 radical (unpaired) electrons. The summed E-state index contributed by atoms with van der Waals surface area (Å²) in [6, 6.07) is 13.3. The van der Waals surface area contributed by atoms with E-state index in [4.69, 9.17) is 9.47 Å². The Morgan fingerprint density at radius 1 is 1.23 bits per heavy atom. The first kappa shape index (κ1) is 18.3. The Balaban J connectivity index is 1.70. The maximum atomic E-state index is 12.2. The van der Waals surface area contributed by atoms with Gasteiger partial charge in [-0.15, -0.1) is 11.8 Å². The highest BCUT2D eigenvalue weighted by Crippen LogP contribution is 2.38. The van der Waals surface area contributed by atoms with Gasteiger partial charge in [-0.1, -0.05) is 36.4 Å². The van der Waals surface area contributed by atoms with E-state index in [0.29, 0.717) is 5.56 Å². The Labute approximate surface area is 157 Å². The molecule has 5 nitrogen and oxygen atoms in total. The van der Waals surface area contributed by atoms with Crippen molar-refractivity contribution in [2.75, 3.05) is 12.9 Å². The largest absolute Gasteiger partial charge is 0.465 e. The molecule has 2 aromatic rings. The summed E-state index contributed by atoms with van der Waals surface area (Å²) in [7, 11) is 1.38. The first-order valence-electron chi connectivity index (χ1n) is 8.41. The predicted octanol–water partition coefficient (Wildman–Crippen LogP) is 4.24. The van der Waals surface area contributed by atoms with Crippen LogP contribution < -0.4 is 5.32 Å². The van der Waals surface area contributed by atoms with Crippen LogP contribution in [0.4, 0.5) is 4.79 Å². The number of methoxy groups -OCH3 is 1. The van der Waals surface area contributed by atoms with Crippen LogP contribution in [0.15, 0.2) is 47.4 Å². The van der Waals surface area contributed by atoms with Crippen LogP contribution in [0.3, 0.4) is 0 Å². The molecule has 6 heteroatoms. The second kappa shape index (κ2) is 8.27. The molecular weight excluding hydrogens is 350 g/mol. The first-order valence-corrected chi connectivity index (χ1v) is 9.40. The lowest BCUT2D eigenvalue weighted by molar-refractivity contribution is 0.0599. The second-order valence-electron chi connectivity index (χ2n) is 6.09. The van der Waals surface area contributed by atoms with Crippen LogP contribution in [0.5, 0.6) is 0 Å². The highest BCUT2D eigenvalue weighted by atomic mass is 32.2. The summed E-state index contributed by atoms with van der Waals surface area (Å²) in [5.41, 5.74) is 3.36. The quantitative estimate of drug-likeness (QED) is 0.814. The molecule has 0 aliphatic carbocycles. The number of carbonyl (C=O) groups is 2. The molecule has 0 spiro atoms. The van der Waals surface area contributed by atoms with Crippen LogP contribution in [-0.2, 0) is 16.1 Å². The Kier molecular flexibility index (Phi) is 5.83. The number of thioether (sulfide) groups is 1. The van der Waals surface area contributed by atoms with Gasteiger partial charge in [0.15, 0.2) is 0 Å². The lowest BCUT2D eigenvalue weighted by Gasteiger charge is -2.26. The SMILES string of the molecule is COC(=O)c1cc2c(cc1C)[C@@H](NC(=O)OCc1ccccc1)CCS2. The van der Waals surface area contributed by atoms with Crippen molar-refractivity contribution in [3.63, 3.8) is 0 Å². The third kappa shape index (κ3) is 4.19. The number of carbonyl (C=O) groups excluding carboxylic acids is 2. The summed E-state index contributed by atoms with van der Waals surface area (Å²) >= 11 is 1.68. The van der Waals surface area contributed by atoms with Gasteiger partial charge in [0.25, 0.3) is 0 Å². The summed E-state index contributed by atoms with van der Waals surface area (Å²) in [5, 5.41) is 2.94. The van der Waals surface area contributed by atoms with Crippen molar-refractivity contribution in [1.29, 1.82) is 0 Å². The third-order valence-electron chi connectivity index (χ3n) is 4.31. The molecule has 1 N–H and O–H groups in total. The Hall–Kier alpha value is -2.47. The van der Waals surface area contributed by atoms with E-state index in [1.165, 1.54) is 7.11 Å². The van der Waals surface area contributed by atoms with Crippen LogP contribution in [0, 0.1) is 6.92 Å². The van der Waals surface area contributed by atoms with Crippen molar-refractivity contribution in [2.24, 2.45) is 0 Å². The summed E-state index contributed by atoms with van der Waals surface area (Å²) in [6.07, 6.45) is 0.376.